The highest BCUT2D eigenvalue weighted by molar-refractivity contribution is 5.85. The minimum atomic E-state index is 0. The molecule has 2 aliphatic rings. The molecule has 3 heterocycles. The first-order valence-electron chi connectivity index (χ1n) is 8.13. The lowest BCUT2D eigenvalue weighted by Crippen LogP contribution is -2.20. The van der Waals surface area contributed by atoms with Crippen molar-refractivity contribution in [1.82, 2.24) is 20.1 Å². The second-order valence-corrected chi connectivity index (χ2v) is 6.73. The van der Waals surface area contributed by atoms with Crippen LogP contribution in [-0.4, -0.2) is 33.9 Å². The monoisotopic (exact) mass is 369 g/mol. The fourth-order valence-corrected chi connectivity index (χ4v) is 4.01. The zero-order valence-corrected chi connectivity index (χ0v) is 15.7. The van der Waals surface area contributed by atoms with E-state index in [2.05, 4.69) is 32.8 Å². The largest absolute Gasteiger partial charge is 0.367 e. The maximum atomic E-state index is 4.60. The van der Waals surface area contributed by atoms with Gasteiger partial charge in [0.15, 0.2) is 0 Å². The van der Waals surface area contributed by atoms with Gasteiger partial charge in [-0.1, -0.05) is 0 Å². The quantitative estimate of drug-likeness (QED) is 0.872. The number of nitrogens with one attached hydrogen (secondary N) is 2. The maximum Gasteiger partial charge on any atom is 0.126 e. The molecule has 0 spiro atoms. The zero-order valence-electron chi connectivity index (χ0n) is 14.0. The van der Waals surface area contributed by atoms with E-state index >= 15 is 0 Å². The fraction of sp³-hybridized carbons (Fsp3) is 0.529. The lowest BCUT2D eigenvalue weighted by Gasteiger charge is -2.14. The average Bonchev–Trinajstić information content (AvgIpc) is 3.15. The van der Waals surface area contributed by atoms with E-state index in [9.17, 15) is 0 Å². The Balaban J connectivity index is 0.00000104. The molecular formula is C17H25Cl2N5. The van der Waals surface area contributed by atoms with Gasteiger partial charge in [0, 0.05) is 36.6 Å². The summed E-state index contributed by atoms with van der Waals surface area (Å²) >= 11 is 0. The molecule has 24 heavy (non-hydrogen) atoms. The van der Waals surface area contributed by atoms with E-state index in [1.165, 1.54) is 25.9 Å². The summed E-state index contributed by atoms with van der Waals surface area (Å²) in [6, 6.07) is 4.81. The Morgan fingerprint density at radius 1 is 1.17 bits per heavy atom. The van der Waals surface area contributed by atoms with Gasteiger partial charge in [0.05, 0.1) is 5.69 Å². The molecule has 5 nitrogen and oxygen atoms in total. The zero-order chi connectivity index (χ0) is 15.1. The molecule has 0 aromatic carbocycles. The smallest absolute Gasteiger partial charge is 0.126 e. The van der Waals surface area contributed by atoms with E-state index < -0.39 is 0 Å². The van der Waals surface area contributed by atoms with Gasteiger partial charge in [0.25, 0.3) is 0 Å². The van der Waals surface area contributed by atoms with Crippen LogP contribution in [0.1, 0.15) is 18.5 Å². The van der Waals surface area contributed by atoms with Crippen LogP contribution in [0.4, 0.5) is 5.82 Å². The molecule has 1 aliphatic heterocycles. The van der Waals surface area contributed by atoms with Gasteiger partial charge in [0.2, 0.25) is 0 Å². The molecule has 4 rings (SSSR count). The predicted molar refractivity (Wildman–Crippen MR) is 102 cm³/mol. The first-order valence-corrected chi connectivity index (χ1v) is 8.13. The summed E-state index contributed by atoms with van der Waals surface area (Å²) in [5, 5.41) is 11.5. The number of pyridine rings is 1. The molecule has 2 N–H and O–H groups in total. The Kier molecular flexibility index (Phi) is 6.12. The van der Waals surface area contributed by atoms with Gasteiger partial charge < -0.3 is 10.6 Å². The first-order chi connectivity index (χ1) is 10.7. The minimum absolute atomic E-state index is 0. The van der Waals surface area contributed by atoms with Gasteiger partial charge in [-0.2, -0.15) is 5.10 Å². The number of aromatic nitrogens is 3. The van der Waals surface area contributed by atoms with Crippen LogP contribution >= 0.6 is 24.8 Å². The summed E-state index contributed by atoms with van der Waals surface area (Å²) in [7, 11) is 1.95. The highest BCUT2D eigenvalue weighted by Crippen LogP contribution is 2.35. The van der Waals surface area contributed by atoms with Crippen LogP contribution < -0.4 is 10.6 Å². The van der Waals surface area contributed by atoms with Crippen molar-refractivity contribution >= 4 is 30.6 Å². The second kappa shape index (κ2) is 7.72. The van der Waals surface area contributed by atoms with Crippen LogP contribution in [0.2, 0.25) is 0 Å². The third-order valence-corrected chi connectivity index (χ3v) is 5.09. The Labute approximate surface area is 155 Å². The van der Waals surface area contributed by atoms with Crippen molar-refractivity contribution in [3.63, 3.8) is 0 Å². The Morgan fingerprint density at radius 3 is 2.42 bits per heavy atom. The molecule has 2 fully saturated rings. The van der Waals surface area contributed by atoms with Crippen molar-refractivity contribution in [2.24, 2.45) is 18.9 Å². The Bertz CT molecular complexity index is 658. The molecule has 132 valence electrons. The third kappa shape index (κ3) is 3.68. The minimum Gasteiger partial charge on any atom is -0.367 e. The van der Waals surface area contributed by atoms with Crippen molar-refractivity contribution in [1.29, 1.82) is 0 Å². The van der Waals surface area contributed by atoms with Crippen molar-refractivity contribution in [2.45, 2.75) is 25.8 Å². The molecule has 3 atom stereocenters. The molecule has 0 bridgehead atoms. The van der Waals surface area contributed by atoms with Crippen LogP contribution in [0.15, 0.2) is 24.5 Å². The number of rotatable bonds is 3. The van der Waals surface area contributed by atoms with Gasteiger partial charge >= 0.3 is 0 Å². The number of fused-ring (bicyclic) bond motifs is 1. The molecule has 0 radical (unpaired) electrons. The molecule has 0 amide bonds. The molecule has 7 heteroatoms. The van der Waals surface area contributed by atoms with Crippen LogP contribution in [0.5, 0.6) is 0 Å². The molecule has 1 saturated carbocycles. The van der Waals surface area contributed by atoms with E-state index in [0.717, 1.165) is 34.5 Å². The Hall–Kier alpha value is -1.30. The lowest BCUT2D eigenvalue weighted by molar-refractivity contribution is 0.494. The number of hydrogen-bond donors (Lipinski definition) is 2. The fourth-order valence-electron chi connectivity index (χ4n) is 4.01. The van der Waals surface area contributed by atoms with Crippen LogP contribution in [0, 0.1) is 18.8 Å². The van der Waals surface area contributed by atoms with Gasteiger partial charge in [0.1, 0.15) is 5.82 Å². The molecule has 0 unspecified atom stereocenters. The van der Waals surface area contributed by atoms with Crippen molar-refractivity contribution in [2.75, 3.05) is 18.4 Å². The highest BCUT2D eigenvalue weighted by atomic mass is 35.5. The normalized spacial score (nSPS) is 24.8. The second-order valence-electron chi connectivity index (χ2n) is 6.73. The van der Waals surface area contributed by atoms with Gasteiger partial charge in [-0.3, -0.25) is 4.68 Å². The van der Waals surface area contributed by atoms with Crippen LogP contribution in [0.3, 0.4) is 0 Å². The summed E-state index contributed by atoms with van der Waals surface area (Å²) in [4.78, 5) is 4.60. The Morgan fingerprint density at radius 2 is 1.88 bits per heavy atom. The first kappa shape index (κ1) is 19.0. The number of halogens is 2. The molecule has 1 aliphatic carbocycles. The van der Waals surface area contributed by atoms with E-state index in [0.29, 0.717) is 6.04 Å². The van der Waals surface area contributed by atoms with Crippen LogP contribution in [-0.2, 0) is 7.05 Å². The lowest BCUT2D eigenvalue weighted by atomic mass is 10.0. The molecule has 2 aromatic rings. The van der Waals surface area contributed by atoms with E-state index in [4.69, 9.17) is 0 Å². The molecule has 1 saturated heterocycles. The highest BCUT2D eigenvalue weighted by Gasteiger charge is 2.37. The number of aryl methyl sites for hydroxylation is 2. The predicted octanol–water partition coefficient (Wildman–Crippen LogP) is 3.04. The molecular weight excluding hydrogens is 345 g/mol. The molecule has 2 aromatic heterocycles. The average molecular weight is 370 g/mol. The van der Waals surface area contributed by atoms with Gasteiger partial charge in [-0.05, 0) is 56.8 Å². The summed E-state index contributed by atoms with van der Waals surface area (Å²) in [5.74, 6) is 2.70. The van der Waals surface area contributed by atoms with Crippen molar-refractivity contribution < 1.29 is 0 Å². The number of anilines is 1. The van der Waals surface area contributed by atoms with Gasteiger partial charge in [-0.15, -0.1) is 24.8 Å². The van der Waals surface area contributed by atoms with E-state index in [-0.39, 0.29) is 24.8 Å². The summed E-state index contributed by atoms with van der Waals surface area (Å²) in [6.07, 6.45) is 6.53. The standard InChI is InChI=1S/C17H23N5.2ClH/c1-11-16(10-22(2)21-11)12-3-4-17(19-9-12)20-15-5-13-7-18-8-14(13)6-15;;/h3-4,9-10,13-15,18H,5-8H2,1-2H3,(H,19,20);2*1H/t13-,14+,15-;;. The SMILES string of the molecule is Cc1nn(C)cc1-c1ccc(N[C@H]2C[C@H]3CNC[C@H]3C2)nc1.Cl.Cl. The summed E-state index contributed by atoms with van der Waals surface area (Å²) in [5.41, 5.74) is 3.33. The number of hydrogen-bond acceptors (Lipinski definition) is 4. The van der Waals surface area contributed by atoms with E-state index in [1.807, 2.05) is 31.0 Å². The van der Waals surface area contributed by atoms with E-state index in [1.54, 1.807) is 0 Å². The third-order valence-electron chi connectivity index (χ3n) is 5.09. The van der Waals surface area contributed by atoms with Crippen LogP contribution in [0.25, 0.3) is 11.1 Å². The maximum absolute atomic E-state index is 4.60. The summed E-state index contributed by atoms with van der Waals surface area (Å²) in [6.45, 7) is 4.41. The van der Waals surface area contributed by atoms with Crippen molar-refractivity contribution in [3.05, 3.63) is 30.2 Å². The topological polar surface area (TPSA) is 54.8 Å². The number of nitrogens with zero attached hydrogens (tertiary/aromatic N) is 3. The van der Waals surface area contributed by atoms with Crippen molar-refractivity contribution in [3.8, 4) is 11.1 Å². The summed E-state index contributed by atoms with van der Waals surface area (Å²) < 4.78 is 1.85. The van der Waals surface area contributed by atoms with Gasteiger partial charge in [-0.25, -0.2) is 4.98 Å².